The van der Waals surface area contributed by atoms with Gasteiger partial charge in [-0.25, -0.2) is 4.79 Å². The predicted octanol–water partition coefficient (Wildman–Crippen LogP) is 1.28. The molecule has 1 aromatic rings. The molecule has 0 fully saturated rings. The third kappa shape index (κ3) is 5.87. The Bertz CT molecular complexity index is 514. The van der Waals surface area contributed by atoms with E-state index in [0.717, 1.165) is 0 Å². The number of aliphatic hydroxyl groups is 2. The van der Waals surface area contributed by atoms with Crippen LogP contribution in [0.4, 0.5) is 10.5 Å². The van der Waals surface area contributed by atoms with Crippen molar-refractivity contribution >= 4 is 11.8 Å². The van der Waals surface area contributed by atoms with Crippen LogP contribution in [0.15, 0.2) is 12.3 Å². The van der Waals surface area contributed by atoms with Gasteiger partial charge < -0.3 is 26.0 Å². The molecule has 7 nitrogen and oxygen atoms in total. The molecular formula is C15H25N3O4. The Labute approximate surface area is 130 Å². The third-order valence-corrected chi connectivity index (χ3v) is 2.89. The first-order valence-electron chi connectivity index (χ1n) is 7.15. The number of nitrogen functional groups attached to an aromatic ring is 1. The fraction of sp³-hybridized carbons (Fsp3) is 0.600. The average Bonchev–Trinajstić information content (AvgIpc) is 2.35. The molecule has 1 aromatic heterocycles. The molecule has 0 bridgehead atoms. The summed E-state index contributed by atoms with van der Waals surface area (Å²) >= 11 is 0. The maximum absolute atomic E-state index is 11.5. The Kier molecular flexibility index (Phi) is 6.13. The predicted molar refractivity (Wildman–Crippen MR) is 83.2 cm³/mol. The Balaban J connectivity index is 2.48. The van der Waals surface area contributed by atoms with Crippen LogP contribution in [-0.2, 0) is 4.74 Å². The number of ether oxygens (including phenoxy) is 1. The molecule has 1 amide bonds. The fourth-order valence-corrected chi connectivity index (χ4v) is 1.89. The fourth-order valence-electron chi connectivity index (χ4n) is 1.89. The van der Waals surface area contributed by atoms with E-state index in [9.17, 15) is 15.0 Å². The van der Waals surface area contributed by atoms with Crippen LogP contribution in [0.3, 0.4) is 0 Å². The van der Waals surface area contributed by atoms with Crippen molar-refractivity contribution in [2.24, 2.45) is 0 Å². The number of rotatable bonds is 5. The van der Waals surface area contributed by atoms with E-state index in [4.69, 9.17) is 10.5 Å². The molecule has 0 spiro atoms. The van der Waals surface area contributed by atoms with Crippen molar-refractivity contribution in [1.82, 2.24) is 10.3 Å². The molecule has 0 radical (unpaired) electrons. The van der Waals surface area contributed by atoms with Gasteiger partial charge in [0.25, 0.3) is 0 Å². The number of anilines is 1. The lowest BCUT2D eigenvalue weighted by Crippen LogP contribution is -2.34. The SMILES string of the molecule is Cc1cc(N)cnc1C(O)C(O)CCNC(=O)OC(C)(C)C. The van der Waals surface area contributed by atoms with Gasteiger partial charge in [-0.05, 0) is 45.7 Å². The number of amides is 1. The van der Waals surface area contributed by atoms with E-state index < -0.39 is 23.9 Å². The van der Waals surface area contributed by atoms with Crippen LogP contribution in [0.5, 0.6) is 0 Å². The number of carbonyl (C=O) groups excluding carboxylic acids is 1. The van der Waals surface area contributed by atoms with E-state index in [2.05, 4.69) is 10.3 Å². The summed E-state index contributed by atoms with van der Waals surface area (Å²) in [5, 5.41) is 22.6. The van der Waals surface area contributed by atoms with Crippen molar-refractivity contribution in [1.29, 1.82) is 0 Å². The van der Waals surface area contributed by atoms with Crippen LogP contribution >= 0.6 is 0 Å². The second-order valence-electron chi connectivity index (χ2n) is 6.20. The minimum atomic E-state index is -1.14. The van der Waals surface area contributed by atoms with Gasteiger partial charge in [-0.2, -0.15) is 0 Å². The van der Waals surface area contributed by atoms with Crippen molar-refractivity contribution in [3.63, 3.8) is 0 Å². The van der Waals surface area contributed by atoms with Crippen molar-refractivity contribution in [2.45, 2.75) is 51.9 Å². The number of hydrogen-bond donors (Lipinski definition) is 4. The number of aliphatic hydroxyl groups excluding tert-OH is 2. The van der Waals surface area contributed by atoms with E-state index in [1.165, 1.54) is 6.20 Å². The molecule has 0 aliphatic rings. The average molecular weight is 311 g/mol. The van der Waals surface area contributed by atoms with Crippen molar-refractivity contribution < 1.29 is 19.7 Å². The summed E-state index contributed by atoms with van der Waals surface area (Å²) in [6.07, 6.45) is -1.15. The molecule has 22 heavy (non-hydrogen) atoms. The number of nitrogens with two attached hydrogens (primary N) is 1. The molecule has 1 rings (SSSR count). The van der Waals surface area contributed by atoms with Crippen LogP contribution in [0, 0.1) is 6.92 Å². The zero-order valence-corrected chi connectivity index (χ0v) is 13.5. The maximum Gasteiger partial charge on any atom is 0.407 e. The molecule has 124 valence electrons. The van der Waals surface area contributed by atoms with Crippen molar-refractivity contribution in [3.05, 3.63) is 23.5 Å². The molecule has 0 aromatic carbocycles. The van der Waals surface area contributed by atoms with Gasteiger partial charge in [0.1, 0.15) is 11.7 Å². The van der Waals surface area contributed by atoms with Gasteiger partial charge in [-0.3, -0.25) is 4.98 Å². The van der Waals surface area contributed by atoms with E-state index in [1.807, 2.05) is 0 Å². The third-order valence-electron chi connectivity index (χ3n) is 2.89. The zero-order valence-electron chi connectivity index (χ0n) is 13.5. The first-order valence-corrected chi connectivity index (χ1v) is 7.15. The second-order valence-corrected chi connectivity index (χ2v) is 6.20. The first kappa shape index (κ1) is 18.2. The van der Waals surface area contributed by atoms with Gasteiger partial charge in [0.2, 0.25) is 0 Å². The van der Waals surface area contributed by atoms with E-state index in [0.29, 0.717) is 16.9 Å². The van der Waals surface area contributed by atoms with Crippen LogP contribution < -0.4 is 11.1 Å². The van der Waals surface area contributed by atoms with E-state index in [1.54, 1.807) is 33.8 Å². The topological polar surface area (TPSA) is 118 Å². The lowest BCUT2D eigenvalue weighted by atomic mass is 10.0. The molecule has 0 saturated carbocycles. The van der Waals surface area contributed by atoms with Gasteiger partial charge in [0.15, 0.2) is 0 Å². The minimum absolute atomic E-state index is 0.173. The highest BCUT2D eigenvalue weighted by atomic mass is 16.6. The summed E-state index contributed by atoms with van der Waals surface area (Å²) in [5.41, 5.74) is 6.59. The summed E-state index contributed by atoms with van der Waals surface area (Å²) in [4.78, 5) is 15.5. The number of pyridine rings is 1. The Hall–Kier alpha value is -1.86. The number of nitrogens with one attached hydrogen (secondary N) is 1. The highest BCUT2D eigenvalue weighted by molar-refractivity contribution is 5.67. The zero-order chi connectivity index (χ0) is 16.9. The monoisotopic (exact) mass is 311 g/mol. The van der Waals surface area contributed by atoms with Gasteiger partial charge >= 0.3 is 6.09 Å². The quantitative estimate of drug-likeness (QED) is 0.650. The Morgan fingerprint density at radius 2 is 2.09 bits per heavy atom. The summed E-state index contributed by atoms with van der Waals surface area (Å²) in [6, 6.07) is 1.68. The molecule has 5 N–H and O–H groups in total. The molecule has 2 unspecified atom stereocenters. The number of hydrogen-bond acceptors (Lipinski definition) is 6. The molecule has 0 aliphatic carbocycles. The number of aryl methyl sites for hydroxylation is 1. The Morgan fingerprint density at radius 1 is 1.45 bits per heavy atom. The van der Waals surface area contributed by atoms with Crippen molar-refractivity contribution in [3.8, 4) is 0 Å². The largest absolute Gasteiger partial charge is 0.444 e. The van der Waals surface area contributed by atoms with Crippen LogP contribution in [0.1, 0.15) is 44.6 Å². The summed E-state index contributed by atoms with van der Waals surface area (Å²) in [6.45, 7) is 7.23. The number of alkyl carbamates (subject to hydrolysis) is 1. The van der Waals surface area contributed by atoms with Gasteiger partial charge in [-0.1, -0.05) is 0 Å². The van der Waals surface area contributed by atoms with E-state index >= 15 is 0 Å². The van der Waals surface area contributed by atoms with Gasteiger partial charge in [-0.15, -0.1) is 0 Å². The standard InChI is InChI=1S/C15H25N3O4/c1-9-7-10(16)8-18-12(9)13(20)11(19)5-6-17-14(21)22-15(2,3)4/h7-8,11,13,19-20H,5-6,16H2,1-4H3,(H,17,21). The smallest absolute Gasteiger partial charge is 0.407 e. The molecule has 0 aliphatic heterocycles. The van der Waals surface area contributed by atoms with Crippen LogP contribution in [0.25, 0.3) is 0 Å². The number of nitrogens with zero attached hydrogens (tertiary/aromatic N) is 1. The lowest BCUT2D eigenvalue weighted by Gasteiger charge is -2.21. The molecular weight excluding hydrogens is 286 g/mol. The van der Waals surface area contributed by atoms with Gasteiger partial charge in [0.05, 0.1) is 23.7 Å². The second kappa shape index (κ2) is 7.42. The van der Waals surface area contributed by atoms with Gasteiger partial charge in [0, 0.05) is 6.54 Å². The highest BCUT2D eigenvalue weighted by Crippen LogP contribution is 2.21. The summed E-state index contributed by atoms with van der Waals surface area (Å²) < 4.78 is 5.08. The molecule has 7 heteroatoms. The molecule has 1 heterocycles. The summed E-state index contributed by atoms with van der Waals surface area (Å²) in [7, 11) is 0. The summed E-state index contributed by atoms with van der Waals surface area (Å²) in [5.74, 6) is 0. The lowest BCUT2D eigenvalue weighted by molar-refractivity contribution is 0.00957. The number of aromatic nitrogens is 1. The van der Waals surface area contributed by atoms with E-state index in [-0.39, 0.29) is 13.0 Å². The Morgan fingerprint density at radius 3 is 2.64 bits per heavy atom. The normalized spacial score (nSPS) is 14.3. The molecule has 0 saturated heterocycles. The van der Waals surface area contributed by atoms with Crippen LogP contribution in [-0.4, -0.2) is 39.5 Å². The molecule has 2 atom stereocenters. The number of carbonyl (C=O) groups is 1. The maximum atomic E-state index is 11.5. The van der Waals surface area contributed by atoms with Crippen LogP contribution in [0.2, 0.25) is 0 Å². The highest BCUT2D eigenvalue weighted by Gasteiger charge is 2.22. The van der Waals surface area contributed by atoms with Crippen molar-refractivity contribution in [2.75, 3.05) is 12.3 Å². The minimum Gasteiger partial charge on any atom is -0.444 e. The first-order chi connectivity index (χ1) is 10.1.